The van der Waals surface area contributed by atoms with E-state index in [1.807, 2.05) is 4.90 Å². The number of carbonyl (C=O) groups excluding carboxylic acids is 1. The van der Waals surface area contributed by atoms with Gasteiger partial charge in [0.05, 0.1) is 11.3 Å². The van der Waals surface area contributed by atoms with E-state index < -0.39 is 10.0 Å². The monoisotopic (exact) mass is 338 g/mol. The molecule has 0 radical (unpaired) electrons. The fourth-order valence-corrected chi connectivity index (χ4v) is 3.88. The van der Waals surface area contributed by atoms with Crippen LogP contribution in [-0.4, -0.2) is 38.9 Å². The number of hydrogen-bond donors (Lipinski definition) is 1. The molecule has 1 aromatic carbocycles. The fraction of sp³-hybridized carbons (Fsp3) is 0.588. The molecule has 128 valence electrons. The maximum Gasteiger partial charge on any atom is 0.240 e. The Morgan fingerprint density at radius 2 is 1.87 bits per heavy atom. The molecule has 1 aromatic rings. The van der Waals surface area contributed by atoms with Gasteiger partial charge in [-0.1, -0.05) is 32.9 Å². The Hall–Kier alpha value is -1.40. The van der Waals surface area contributed by atoms with Crippen LogP contribution < -0.4 is 4.72 Å². The third-order valence-corrected chi connectivity index (χ3v) is 6.17. The third kappa shape index (κ3) is 4.54. The largest absolute Gasteiger partial charge is 0.342 e. The van der Waals surface area contributed by atoms with Crippen molar-refractivity contribution < 1.29 is 13.2 Å². The van der Waals surface area contributed by atoms with Crippen LogP contribution in [0.5, 0.6) is 0 Å². The van der Waals surface area contributed by atoms with Crippen LogP contribution in [0.3, 0.4) is 0 Å². The molecule has 1 heterocycles. The molecule has 5 nitrogen and oxygen atoms in total. The minimum Gasteiger partial charge on any atom is -0.342 e. The maximum atomic E-state index is 12.4. The third-order valence-electron chi connectivity index (χ3n) is 4.61. The van der Waals surface area contributed by atoms with E-state index in [-0.39, 0.29) is 10.8 Å². The first-order valence-electron chi connectivity index (χ1n) is 8.20. The normalized spacial score (nSPS) is 22.1. The van der Waals surface area contributed by atoms with Crippen LogP contribution in [0.1, 0.15) is 32.8 Å². The number of carbonyl (C=O) groups is 1. The van der Waals surface area contributed by atoms with Crippen molar-refractivity contribution in [3.8, 4) is 0 Å². The molecule has 0 bridgehead atoms. The molecule has 0 saturated carbocycles. The number of sulfonamides is 1. The van der Waals surface area contributed by atoms with Gasteiger partial charge in [-0.15, -0.1) is 0 Å². The SMILES string of the molecule is CCNS(=O)(=O)c1ccc(CC(=O)N2CC[C@H](C)[C@@H](C)C2)cc1. The van der Waals surface area contributed by atoms with Crippen LogP contribution in [0.2, 0.25) is 0 Å². The van der Waals surface area contributed by atoms with Crippen molar-refractivity contribution in [3.63, 3.8) is 0 Å². The number of rotatable bonds is 5. The van der Waals surface area contributed by atoms with Crippen molar-refractivity contribution in [2.24, 2.45) is 11.8 Å². The molecule has 0 spiro atoms. The lowest BCUT2D eigenvalue weighted by Crippen LogP contribution is -2.42. The second-order valence-electron chi connectivity index (χ2n) is 6.41. The molecule has 0 aromatic heterocycles. The Labute approximate surface area is 139 Å². The van der Waals surface area contributed by atoms with Crippen molar-refractivity contribution >= 4 is 15.9 Å². The molecule has 1 aliphatic heterocycles. The van der Waals surface area contributed by atoms with E-state index >= 15 is 0 Å². The van der Waals surface area contributed by atoms with E-state index in [1.165, 1.54) is 0 Å². The molecule has 1 saturated heterocycles. The van der Waals surface area contributed by atoms with Crippen LogP contribution in [0.25, 0.3) is 0 Å². The smallest absolute Gasteiger partial charge is 0.240 e. The van der Waals surface area contributed by atoms with Gasteiger partial charge in [0.25, 0.3) is 0 Å². The molecule has 1 amide bonds. The zero-order valence-electron chi connectivity index (χ0n) is 14.1. The van der Waals surface area contributed by atoms with Crippen molar-refractivity contribution in [3.05, 3.63) is 29.8 Å². The average Bonchev–Trinajstić information content (AvgIpc) is 2.50. The van der Waals surface area contributed by atoms with Crippen molar-refractivity contribution in [2.75, 3.05) is 19.6 Å². The lowest BCUT2D eigenvalue weighted by atomic mass is 9.88. The van der Waals surface area contributed by atoms with E-state index in [2.05, 4.69) is 18.6 Å². The lowest BCUT2D eigenvalue weighted by Gasteiger charge is -2.35. The summed E-state index contributed by atoms with van der Waals surface area (Å²) in [5.74, 6) is 1.31. The summed E-state index contributed by atoms with van der Waals surface area (Å²) in [7, 11) is -3.43. The molecule has 0 unspecified atom stereocenters. The molecule has 6 heteroatoms. The maximum absolute atomic E-state index is 12.4. The van der Waals surface area contributed by atoms with Crippen LogP contribution in [0, 0.1) is 11.8 Å². The summed E-state index contributed by atoms with van der Waals surface area (Å²) in [5.41, 5.74) is 0.844. The summed E-state index contributed by atoms with van der Waals surface area (Å²) in [5, 5.41) is 0. The van der Waals surface area contributed by atoms with Crippen LogP contribution in [-0.2, 0) is 21.2 Å². The summed E-state index contributed by atoms with van der Waals surface area (Å²) in [6.45, 7) is 8.14. The Kier molecular flexibility index (Phi) is 5.81. The zero-order chi connectivity index (χ0) is 17.0. The molecule has 0 aliphatic carbocycles. The summed E-state index contributed by atoms with van der Waals surface area (Å²) in [6, 6.07) is 6.55. The number of benzene rings is 1. The summed E-state index contributed by atoms with van der Waals surface area (Å²) < 4.78 is 26.2. The minimum absolute atomic E-state index is 0.117. The van der Waals surface area contributed by atoms with Gasteiger partial charge in [0.15, 0.2) is 0 Å². The topological polar surface area (TPSA) is 66.5 Å². The van der Waals surface area contributed by atoms with Gasteiger partial charge in [-0.2, -0.15) is 0 Å². The minimum atomic E-state index is -3.43. The van der Waals surface area contributed by atoms with E-state index in [0.29, 0.717) is 24.8 Å². The van der Waals surface area contributed by atoms with Crippen molar-refractivity contribution in [2.45, 2.75) is 38.5 Å². The molecule has 1 fully saturated rings. The number of piperidine rings is 1. The van der Waals surface area contributed by atoms with Gasteiger partial charge in [0, 0.05) is 19.6 Å². The summed E-state index contributed by atoms with van der Waals surface area (Å²) in [4.78, 5) is 14.6. The lowest BCUT2D eigenvalue weighted by molar-refractivity contribution is -0.132. The second kappa shape index (κ2) is 7.45. The molecule has 23 heavy (non-hydrogen) atoms. The van der Waals surface area contributed by atoms with Gasteiger partial charge < -0.3 is 4.90 Å². The van der Waals surface area contributed by atoms with E-state index in [9.17, 15) is 13.2 Å². The quantitative estimate of drug-likeness (QED) is 0.893. The van der Waals surface area contributed by atoms with Crippen LogP contribution in [0.4, 0.5) is 0 Å². The zero-order valence-corrected chi connectivity index (χ0v) is 14.9. The van der Waals surface area contributed by atoms with Crippen LogP contribution >= 0.6 is 0 Å². The fourth-order valence-electron chi connectivity index (χ4n) is 2.84. The molecule has 1 aliphatic rings. The first-order chi connectivity index (χ1) is 10.8. The predicted octanol–water partition coefficient (Wildman–Crippen LogP) is 2.03. The molecular weight excluding hydrogens is 312 g/mol. The van der Waals surface area contributed by atoms with Gasteiger partial charge in [-0.25, -0.2) is 13.1 Å². The molecule has 1 N–H and O–H groups in total. The van der Waals surface area contributed by atoms with Crippen molar-refractivity contribution in [1.29, 1.82) is 0 Å². The predicted molar refractivity (Wildman–Crippen MR) is 90.5 cm³/mol. The Morgan fingerprint density at radius 1 is 1.22 bits per heavy atom. The van der Waals surface area contributed by atoms with Gasteiger partial charge in [-0.3, -0.25) is 4.79 Å². The number of nitrogens with zero attached hydrogens (tertiary/aromatic N) is 1. The standard InChI is InChI=1S/C17H26N2O3S/c1-4-18-23(21,22)16-7-5-15(6-8-16)11-17(20)19-10-9-13(2)14(3)12-19/h5-8,13-14,18H,4,9-12H2,1-3H3/t13-,14-/m0/s1. The van der Waals surface area contributed by atoms with Gasteiger partial charge in [-0.05, 0) is 36.0 Å². The highest BCUT2D eigenvalue weighted by atomic mass is 32.2. The summed E-state index contributed by atoms with van der Waals surface area (Å²) >= 11 is 0. The molecule has 2 rings (SSSR count). The second-order valence-corrected chi connectivity index (χ2v) is 8.17. The van der Waals surface area contributed by atoms with Crippen LogP contribution in [0.15, 0.2) is 29.2 Å². The highest BCUT2D eigenvalue weighted by Gasteiger charge is 2.25. The Morgan fingerprint density at radius 3 is 2.43 bits per heavy atom. The van der Waals surface area contributed by atoms with E-state index in [0.717, 1.165) is 25.1 Å². The number of nitrogens with one attached hydrogen (secondary N) is 1. The first kappa shape index (κ1) is 17.9. The number of likely N-dealkylation sites (tertiary alicyclic amines) is 1. The Bertz CT molecular complexity index is 640. The van der Waals surface area contributed by atoms with E-state index in [4.69, 9.17) is 0 Å². The molecular formula is C17H26N2O3S. The number of hydrogen-bond acceptors (Lipinski definition) is 3. The summed E-state index contributed by atoms with van der Waals surface area (Å²) in [6.07, 6.45) is 1.37. The Balaban J connectivity index is 2.00. The first-order valence-corrected chi connectivity index (χ1v) is 9.68. The van der Waals surface area contributed by atoms with Crippen molar-refractivity contribution in [1.82, 2.24) is 9.62 Å². The highest BCUT2D eigenvalue weighted by molar-refractivity contribution is 7.89. The average molecular weight is 338 g/mol. The highest BCUT2D eigenvalue weighted by Crippen LogP contribution is 2.23. The molecule has 2 atom stereocenters. The van der Waals surface area contributed by atoms with Gasteiger partial charge in [0.1, 0.15) is 0 Å². The van der Waals surface area contributed by atoms with Gasteiger partial charge in [0.2, 0.25) is 15.9 Å². The number of amides is 1. The van der Waals surface area contributed by atoms with E-state index in [1.54, 1.807) is 31.2 Å². The van der Waals surface area contributed by atoms with Gasteiger partial charge >= 0.3 is 0 Å².